The first kappa shape index (κ1) is 14.5. The van der Waals surface area contributed by atoms with Gasteiger partial charge in [0.15, 0.2) is 0 Å². The van der Waals surface area contributed by atoms with Crippen LogP contribution in [0.2, 0.25) is 0 Å². The van der Waals surface area contributed by atoms with Gasteiger partial charge in [-0.15, -0.1) is 11.3 Å². The monoisotopic (exact) mass is 301 g/mol. The van der Waals surface area contributed by atoms with Crippen LogP contribution in [0.25, 0.3) is 10.6 Å². The molecule has 2 aromatic rings. The van der Waals surface area contributed by atoms with Crippen LogP contribution in [0, 0.1) is 0 Å². The molecular weight excluding hydrogens is 278 g/mol. The molecule has 0 saturated carbocycles. The van der Waals surface area contributed by atoms with Crippen LogP contribution in [0.4, 0.5) is 5.69 Å². The van der Waals surface area contributed by atoms with E-state index in [-0.39, 0.29) is 0 Å². The third-order valence-electron chi connectivity index (χ3n) is 4.18. The average Bonchev–Trinajstić information content (AvgIpc) is 2.96. The van der Waals surface area contributed by atoms with Crippen molar-refractivity contribution >= 4 is 17.0 Å². The number of hydrogen-bond donors (Lipinski definition) is 1. The van der Waals surface area contributed by atoms with Crippen molar-refractivity contribution in [2.75, 3.05) is 25.0 Å². The molecule has 0 bridgehead atoms. The maximum atomic E-state index is 4.39. The molecule has 0 amide bonds. The second-order valence-electron chi connectivity index (χ2n) is 5.62. The molecule has 1 N–H and O–H groups in total. The highest BCUT2D eigenvalue weighted by Gasteiger charge is 2.15. The molecule has 1 aromatic heterocycles. The topological polar surface area (TPSA) is 28.2 Å². The lowest BCUT2D eigenvalue weighted by atomic mass is 10.1. The minimum Gasteiger partial charge on any atom is -0.382 e. The number of hydrogen-bond acceptors (Lipinski definition) is 4. The van der Waals surface area contributed by atoms with Crippen LogP contribution >= 0.6 is 11.3 Å². The summed E-state index contributed by atoms with van der Waals surface area (Å²) in [7, 11) is 0. The standard InChI is InChI=1S/C17H23N3S/c1-2-20-10-4-7-15(8-11-20)19-16-6-3-5-14(13-16)17-18-9-12-21-17/h3,5-6,9,12-13,15,19H,2,4,7-8,10-11H2,1H3. The second-order valence-corrected chi connectivity index (χ2v) is 6.52. The molecule has 1 unspecified atom stereocenters. The van der Waals surface area contributed by atoms with Gasteiger partial charge >= 0.3 is 0 Å². The summed E-state index contributed by atoms with van der Waals surface area (Å²) in [5.41, 5.74) is 2.43. The van der Waals surface area contributed by atoms with Crippen molar-refractivity contribution in [2.24, 2.45) is 0 Å². The van der Waals surface area contributed by atoms with E-state index in [4.69, 9.17) is 0 Å². The second kappa shape index (κ2) is 7.05. The van der Waals surface area contributed by atoms with Gasteiger partial charge in [-0.3, -0.25) is 0 Å². The predicted octanol–water partition coefficient (Wildman–Crippen LogP) is 4.10. The van der Waals surface area contributed by atoms with Crippen molar-refractivity contribution in [3.8, 4) is 10.6 Å². The van der Waals surface area contributed by atoms with Gasteiger partial charge in [-0.2, -0.15) is 0 Å². The molecule has 21 heavy (non-hydrogen) atoms. The summed E-state index contributed by atoms with van der Waals surface area (Å²) in [6, 6.07) is 9.23. The molecule has 1 aromatic carbocycles. The van der Waals surface area contributed by atoms with Crippen LogP contribution in [-0.2, 0) is 0 Å². The average molecular weight is 301 g/mol. The van der Waals surface area contributed by atoms with Crippen LogP contribution in [-0.4, -0.2) is 35.6 Å². The highest BCUT2D eigenvalue weighted by molar-refractivity contribution is 7.13. The Bertz CT molecular complexity index is 553. The molecule has 4 heteroatoms. The normalized spacial score (nSPS) is 20.1. The molecule has 1 atom stereocenters. The molecule has 1 aliphatic rings. The summed E-state index contributed by atoms with van der Waals surface area (Å²) in [5.74, 6) is 0. The number of thiazole rings is 1. The Morgan fingerprint density at radius 2 is 2.29 bits per heavy atom. The van der Waals surface area contributed by atoms with E-state index in [1.807, 2.05) is 11.6 Å². The van der Waals surface area contributed by atoms with E-state index < -0.39 is 0 Å². The summed E-state index contributed by atoms with van der Waals surface area (Å²) >= 11 is 1.69. The van der Waals surface area contributed by atoms with Gasteiger partial charge in [0.05, 0.1) is 0 Å². The lowest BCUT2D eigenvalue weighted by Gasteiger charge is -2.19. The molecule has 3 nitrogen and oxygen atoms in total. The van der Waals surface area contributed by atoms with Gasteiger partial charge < -0.3 is 10.2 Å². The lowest BCUT2D eigenvalue weighted by Crippen LogP contribution is -2.26. The quantitative estimate of drug-likeness (QED) is 0.921. The minimum atomic E-state index is 0.591. The number of aromatic nitrogens is 1. The van der Waals surface area contributed by atoms with Gasteiger partial charge in [0.25, 0.3) is 0 Å². The van der Waals surface area contributed by atoms with Gasteiger partial charge in [0.2, 0.25) is 0 Å². The van der Waals surface area contributed by atoms with Gasteiger partial charge in [-0.1, -0.05) is 19.1 Å². The lowest BCUT2D eigenvalue weighted by molar-refractivity contribution is 0.300. The fourth-order valence-electron chi connectivity index (χ4n) is 2.96. The van der Waals surface area contributed by atoms with Crippen LogP contribution in [0.15, 0.2) is 35.8 Å². The maximum absolute atomic E-state index is 4.39. The number of rotatable bonds is 4. The first-order chi connectivity index (χ1) is 10.3. The Morgan fingerprint density at radius 3 is 3.10 bits per heavy atom. The summed E-state index contributed by atoms with van der Waals surface area (Å²) < 4.78 is 0. The van der Waals surface area contributed by atoms with Crippen LogP contribution < -0.4 is 5.32 Å². The fourth-order valence-corrected chi connectivity index (χ4v) is 3.60. The molecule has 2 heterocycles. The summed E-state index contributed by atoms with van der Waals surface area (Å²) in [4.78, 5) is 6.94. The summed E-state index contributed by atoms with van der Waals surface area (Å²) in [5, 5.41) is 6.84. The molecule has 1 aliphatic heterocycles. The zero-order chi connectivity index (χ0) is 14.5. The van der Waals surface area contributed by atoms with E-state index in [2.05, 4.69) is 46.4 Å². The molecule has 0 radical (unpaired) electrons. The van der Waals surface area contributed by atoms with Gasteiger partial charge in [0, 0.05) is 35.4 Å². The van der Waals surface area contributed by atoms with E-state index in [0.717, 1.165) is 5.01 Å². The molecular formula is C17H23N3S. The molecule has 1 fully saturated rings. The SMILES string of the molecule is CCN1CCCC(Nc2cccc(-c3nccs3)c2)CC1. The highest BCUT2D eigenvalue weighted by atomic mass is 32.1. The van der Waals surface area contributed by atoms with Crippen molar-refractivity contribution in [3.05, 3.63) is 35.8 Å². The van der Waals surface area contributed by atoms with Crippen LogP contribution in [0.1, 0.15) is 26.2 Å². The molecule has 0 spiro atoms. The highest BCUT2D eigenvalue weighted by Crippen LogP contribution is 2.25. The summed E-state index contributed by atoms with van der Waals surface area (Å²) in [6.45, 7) is 5.88. The Kier molecular flexibility index (Phi) is 4.88. The third-order valence-corrected chi connectivity index (χ3v) is 5.00. The van der Waals surface area contributed by atoms with Crippen molar-refractivity contribution in [2.45, 2.75) is 32.2 Å². The van der Waals surface area contributed by atoms with Gasteiger partial charge in [-0.25, -0.2) is 4.98 Å². The van der Waals surface area contributed by atoms with Crippen LogP contribution in [0.5, 0.6) is 0 Å². The van der Waals surface area contributed by atoms with Crippen LogP contribution in [0.3, 0.4) is 0 Å². The van der Waals surface area contributed by atoms with E-state index in [1.165, 1.54) is 50.1 Å². The molecule has 112 valence electrons. The zero-order valence-electron chi connectivity index (χ0n) is 12.6. The van der Waals surface area contributed by atoms with Crippen molar-refractivity contribution in [1.29, 1.82) is 0 Å². The predicted molar refractivity (Wildman–Crippen MR) is 90.9 cm³/mol. The zero-order valence-corrected chi connectivity index (χ0v) is 13.4. The van der Waals surface area contributed by atoms with Gasteiger partial charge in [-0.05, 0) is 44.5 Å². The maximum Gasteiger partial charge on any atom is 0.123 e. The fraction of sp³-hybridized carbons (Fsp3) is 0.471. The Morgan fingerprint density at radius 1 is 1.33 bits per heavy atom. The smallest absolute Gasteiger partial charge is 0.123 e. The third kappa shape index (κ3) is 3.83. The number of benzene rings is 1. The van der Waals surface area contributed by atoms with Gasteiger partial charge in [0.1, 0.15) is 5.01 Å². The molecule has 0 aliphatic carbocycles. The van der Waals surface area contributed by atoms with Crippen molar-refractivity contribution in [1.82, 2.24) is 9.88 Å². The largest absolute Gasteiger partial charge is 0.382 e. The number of likely N-dealkylation sites (tertiary alicyclic amines) is 1. The number of nitrogens with one attached hydrogen (secondary N) is 1. The first-order valence-electron chi connectivity index (χ1n) is 7.84. The van der Waals surface area contributed by atoms with E-state index in [9.17, 15) is 0 Å². The summed E-state index contributed by atoms with van der Waals surface area (Å²) in [6.07, 6.45) is 5.65. The van der Waals surface area contributed by atoms with E-state index in [1.54, 1.807) is 11.3 Å². The Hall–Kier alpha value is -1.39. The minimum absolute atomic E-state index is 0.591. The molecule has 3 rings (SSSR count). The first-order valence-corrected chi connectivity index (χ1v) is 8.72. The van der Waals surface area contributed by atoms with Crippen molar-refractivity contribution in [3.63, 3.8) is 0 Å². The molecule has 1 saturated heterocycles. The number of nitrogens with zero attached hydrogens (tertiary/aromatic N) is 2. The number of anilines is 1. The Labute approximate surface area is 131 Å². The Balaban J connectivity index is 1.66. The van der Waals surface area contributed by atoms with Crippen molar-refractivity contribution < 1.29 is 0 Å². The van der Waals surface area contributed by atoms with E-state index in [0.29, 0.717) is 6.04 Å². The van der Waals surface area contributed by atoms with E-state index >= 15 is 0 Å².